The van der Waals surface area contributed by atoms with Gasteiger partial charge in [0.2, 0.25) is 0 Å². The van der Waals surface area contributed by atoms with Crippen molar-refractivity contribution in [2.45, 2.75) is 18.9 Å². The summed E-state index contributed by atoms with van der Waals surface area (Å²) in [5, 5.41) is 0. The van der Waals surface area contributed by atoms with Gasteiger partial charge in [-0.2, -0.15) is 0 Å². The van der Waals surface area contributed by atoms with Crippen LogP contribution in [0.5, 0.6) is 5.75 Å². The molecule has 1 aliphatic carbocycles. The van der Waals surface area contributed by atoms with Crippen molar-refractivity contribution in [2.75, 3.05) is 14.1 Å². The molecule has 0 N–H and O–H groups in total. The average Bonchev–Trinajstić information content (AvgIpc) is 3.03. The molecule has 86 valence electrons. The van der Waals surface area contributed by atoms with Crippen molar-refractivity contribution in [1.29, 1.82) is 0 Å². The molecule has 1 aromatic rings. The summed E-state index contributed by atoms with van der Waals surface area (Å²) >= 11 is 3.39. The molecular weight excluding hydrogens is 272 g/mol. The van der Waals surface area contributed by atoms with E-state index in [0.717, 1.165) is 17.3 Å². The van der Waals surface area contributed by atoms with E-state index < -0.39 is 0 Å². The fraction of sp³-hybridized carbons (Fsp3) is 0.455. The monoisotopic (exact) mass is 284 g/mol. The van der Waals surface area contributed by atoms with E-state index in [2.05, 4.69) is 20.9 Å². The number of carbonyl (C=O) groups excluding carboxylic acids is 1. The molecule has 1 heterocycles. The predicted molar refractivity (Wildman–Crippen MR) is 63.6 cm³/mol. The highest BCUT2D eigenvalue weighted by Crippen LogP contribution is 2.31. The molecule has 1 aliphatic rings. The Morgan fingerprint density at radius 3 is 2.75 bits per heavy atom. The number of pyridine rings is 1. The van der Waals surface area contributed by atoms with Gasteiger partial charge < -0.3 is 9.64 Å². The van der Waals surface area contributed by atoms with E-state index in [4.69, 9.17) is 4.74 Å². The zero-order valence-electron chi connectivity index (χ0n) is 9.24. The predicted octanol–water partition coefficient (Wildman–Crippen LogP) is 2.09. The zero-order chi connectivity index (χ0) is 11.7. The number of ether oxygens (including phenoxy) is 1. The molecule has 0 unspecified atom stereocenters. The van der Waals surface area contributed by atoms with E-state index in [9.17, 15) is 4.79 Å². The topological polar surface area (TPSA) is 42.4 Å². The molecule has 0 bridgehead atoms. The van der Waals surface area contributed by atoms with Crippen LogP contribution in [0.15, 0.2) is 16.7 Å². The van der Waals surface area contributed by atoms with E-state index >= 15 is 0 Å². The molecule has 5 heteroatoms. The lowest BCUT2D eigenvalue weighted by Crippen LogP contribution is -2.22. The van der Waals surface area contributed by atoms with Gasteiger partial charge in [0.1, 0.15) is 5.69 Å². The Morgan fingerprint density at radius 1 is 1.56 bits per heavy atom. The largest absolute Gasteiger partial charge is 0.488 e. The van der Waals surface area contributed by atoms with Crippen molar-refractivity contribution >= 4 is 21.8 Å². The summed E-state index contributed by atoms with van der Waals surface area (Å²) in [7, 11) is 3.40. The Balaban J connectivity index is 2.17. The fourth-order valence-electron chi connectivity index (χ4n) is 1.22. The maximum Gasteiger partial charge on any atom is 0.271 e. The van der Waals surface area contributed by atoms with E-state index in [1.165, 1.54) is 4.90 Å². The van der Waals surface area contributed by atoms with Crippen molar-refractivity contribution < 1.29 is 9.53 Å². The zero-order valence-corrected chi connectivity index (χ0v) is 10.8. The second kappa shape index (κ2) is 4.41. The minimum Gasteiger partial charge on any atom is -0.488 e. The van der Waals surface area contributed by atoms with Crippen LogP contribution in [0.4, 0.5) is 0 Å². The molecule has 4 nitrogen and oxygen atoms in total. The van der Waals surface area contributed by atoms with Gasteiger partial charge in [-0.25, -0.2) is 4.98 Å². The van der Waals surface area contributed by atoms with Gasteiger partial charge in [0.15, 0.2) is 5.75 Å². The lowest BCUT2D eigenvalue weighted by molar-refractivity contribution is 0.0822. The van der Waals surface area contributed by atoms with E-state index in [1.807, 2.05) is 0 Å². The third-order valence-corrected chi connectivity index (χ3v) is 2.88. The summed E-state index contributed by atoms with van der Waals surface area (Å²) in [6.45, 7) is 0. The number of halogens is 1. The van der Waals surface area contributed by atoms with E-state index in [0.29, 0.717) is 17.5 Å². The van der Waals surface area contributed by atoms with Crippen LogP contribution >= 0.6 is 15.9 Å². The lowest BCUT2D eigenvalue weighted by Gasteiger charge is -2.11. The van der Waals surface area contributed by atoms with Gasteiger partial charge in [0.05, 0.1) is 16.8 Å². The highest BCUT2D eigenvalue weighted by molar-refractivity contribution is 9.10. The first kappa shape index (κ1) is 11.4. The minimum atomic E-state index is -0.112. The summed E-state index contributed by atoms with van der Waals surface area (Å²) in [6.07, 6.45) is 4.13. The summed E-state index contributed by atoms with van der Waals surface area (Å²) in [5.74, 6) is 0.594. The standard InChI is InChI=1S/C11H13BrN2O2/c1-14(2)11(15)9-5-8(12)10(6-13-9)16-7-3-4-7/h5-7H,3-4H2,1-2H3. The Bertz CT molecular complexity index is 416. The second-order valence-corrected chi connectivity index (χ2v) is 4.87. The third-order valence-electron chi connectivity index (χ3n) is 2.26. The second-order valence-electron chi connectivity index (χ2n) is 4.02. The lowest BCUT2D eigenvalue weighted by atomic mass is 10.3. The van der Waals surface area contributed by atoms with Crippen LogP contribution in [0.3, 0.4) is 0 Å². The molecular formula is C11H13BrN2O2. The summed E-state index contributed by atoms with van der Waals surface area (Å²) in [4.78, 5) is 17.2. The first-order valence-electron chi connectivity index (χ1n) is 5.12. The Kier molecular flexibility index (Phi) is 3.14. The van der Waals surface area contributed by atoms with Crippen LogP contribution < -0.4 is 4.74 Å². The molecule has 0 aliphatic heterocycles. The molecule has 1 saturated carbocycles. The Labute approximate surface area is 103 Å². The van der Waals surface area contributed by atoms with Crippen molar-refractivity contribution in [3.8, 4) is 5.75 Å². The van der Waals surface area contributed by atoms with Crippen molar-refractivity contribution in [3.05, 3.63) is 22.4 Å². The number of aromatic nitrogens is 1. The molecule has 0 saturated heterocycles. The molecule has 0 spiro atoms. The molecule has 0 aromatic carbocycles. The van der Waals surface area contributed by atoms with Gasteiger partial charge in [0.25, 0.3) is 5.91 Å². The Hall–Kier alpha value is -1.10. The van der Waals surface area contributed by atoms with Crippen molar-refractivity contribution in [1.82, 2.24) is 9.88 Å². The quantitative estimate of drug-likeness (QED) is 0.854. The third kappa shape index (κ3) is 2.52. The first-order chi connectivity index (χ1) is 7.58. The normalized spacial score (nSPS) is 14.7. The average molecular weight is 285 g/mol. The summed E-state index contributed by atoms with van der Waals surface area (Å²) in [6, 6.07) is 1.69. The molecule has 0 radical (unpaired) electrons. The van der Waals surface area contributed by atoms with E-state index in [1.54, 1.807) is 26.4 Å². The van der Waals surface area contributed by atoms with Gasteiger partial charge in [0, 0.05) is 14.1 Å². The highest BCUT2D eigenvalue weighted by Gasteiger charge is 2.24. The van der Waals surface area contributed by atoms with Crippen molar-refractivity contribution in [2.24, 2.45) is 0 Å². The van der Waals surface area contributed by atoms with E-state index in [-0.39, 0.29) is 5.91 Å². The first-order valence-corrected chi connectivity index (χ1v) is 5.91. The molecule has 16 heavy (non-hydrogen) atoms. The maximum atomic E-state index is 11.6. The molecule has 1 aromatic heterocycles. The van der Waals surface area contributed by atoms with Crippen LogP contribution in [0, 0.1) is 0 Å². The van der Waals surface area contributed by atoms with Gasteiger partial charge in [-0.05, 0) is 34.8 Å². The van der Waals surface area contributed by atoms with Gasteiger partial charge in [-0.15, -0.1) is 0 Å². The van der Waals surface area contributed by atoms with Crippen LogP contribution in [-0.2, 0) is 0 Å². The molecule has 2 rings (SSSR count). The molecule has 1 fully saturated rings. The fourth-order valence-corrected chi connectivity index (χ4v) is 1.63. The smallest absolute Gasteiger partial charge is 0.271 e. The molecule has 1 amide bonds. The number of rotatable bonds is 3. The number of carbonyl (C=O) groups is 1. The van der Waals surface area contributed by atoms with Crippen molar-refractivity contribution in [3.63, 3.8) is 0 Å². The SMILES string of the molecule is CN(C)C(=O)c1cc(Br)c(OC2CC2)cn1. The van der Waals surface area contributed by atoms with Crippen LogP contribution in [0.1, 0.15) is 23.3 Å². The number of hydrogen-bond acceptors (Lipinski definition) is 3. The summed E-state index contributed by atoms with van der Waals surface area (Å²) in [5.41, 5.74) is 0.417. The Morgan fingerprint density at radius 2 is 2.25 bits per heavy atom. The minimum absolute atomic E-state index is 0.112. The summed E-state index contributed by atoms with van der Waals surface area (Å²) < 4.78 is 6.39. The van der Waals surface area contributed by atoms with Crippen LogP contribution in [-0.4, -0.2) is 36.0 Å². The van der Waals surface area contributed by atoms with Crippen LogP contribution in [0.2, 0.25) is 0 Å². The number of hydrogen-bond donors (Lipinski definition) is 0. The highest BCUT2D eigenvalue weighted by atomic mass is 79.9. The number of nitrogens with zero attached hydrogens (tertiary/aromatic N) is 2. The molecule has 0 atom stereocenters. The van der Waals surface area contributed by atoms with Gasteiger partial charge >= 0.3 is 0 Å². The number of amides is 1. The van der Waals surface area contributed by atoms with Gasteiger partial charge in [-0.1, -0.05) is 0 Å². The van der Waals surface area contributed by atoms with Crippen LogP contribution in [0.25, 0.3) is 0 Å². The maximum absolute atomic E-state index is 11.6. The van der Waals surface area contributed by atoms with Gasteiger partial charge in [-0.3, -0.25) is 4.79 Å².